The number of nitro groups is 2. The Balaban J connectivity index is 2.49. The Morgan fingerprint density at radius 1 is 1.16 bits per heavy atom. The molecule has 0 saturated heterocycles. The Labute approximate surface area is 182 Å². The van der Waals surface area contributed by atoms with Gasteiger partial charge in [-0.15, -0.1) is 0 Å². The number of anilines is 1. The molecular weight excluding hydrogens is 454 g/mol. The molecule has 14 heteroatoms. The van der Waals surface area contributed by atoms with Crippen molar-refractivity contribution in [2.75, 3.05) is 18.5 Å². The molecule has 2 aromatic rings. The topological polar surface area (TPSA) is 168 Å². The number of non-ortho nitro benzene ring substituents is 1. The standard InChI is InChI=1S/C17H18ClN5O7S/c1-3-21(4-2)31(29,30)16-9-13(22(25)26)5-6-14(16)20-19-10-11-7-12(18)8-15(17(11)24)23(27)28/h5-10,20,24H,3-4H2,1-2H3/b19-10+. The zero-order valence-electron chi connectivity index (χ0n) is 16.4. The lowest BCUT2D eigenvalue weighted by atomic mass is 10.2. The molecule has 2 aromatic carbocycles. The normalized spacial score (nSPS) is 11.7. The Hall–Kier alpha value is -3.29. The number of nitrogens with zero attached hydrogens (tertiary/aromatic N) is 4. The SMILES string of the molecule is CCN(CC)S(=O)(=O)c1cc([N+](=O)[O-])ccc1N/N=C/c1cc(Cl)cc([N+](=O)[O-])c1O. The summed E-state index contributed by atoms with van der Waals surface area (Å²) in [5.41, 5.74) is 1.23. The lowest BCUT2D eigenvalue weighted by Gasteiger charge is -2.20. The molecule has 0 radical (unpaired) electrons. The first-order valence-corrected chi connectivity index (χ1v) is 10.6. The fourth-order valence-corrected chi connectivity index (χ4v) is 4.49. The van der Waals surface area contributed by atoms with Crippen LogP contribution in [-0.2, 0) is 10.0 Å². The highest BCUT2D eigenvalue weighted by Gasteiger charge is 2.27. The Kier molecular flexibility index (Phi) is 7.49. The number of hydrogen-bond donors (Lipinski definition) is 2. The van der Waals surface area contributed by atoms with Crippen molar-refractivity contribution in [3.8, 4) is 5.75 Å². The van der Waals surface area contributed by atoms with Crippen molar-refractivity contribution >= 4 is 44.9 Å². The van der Waals surface area contributed by atoms with Crippen LogP contribution < -0.4 is 5.43 Å². The minimum absolute atomic E-state index is 0.0221. The van der Waals surface area contributed by atoms with Crippen LogP contribution in [0.25, 0.3) is 0 Å². The Morgan fingerprint density at radius 3 is 2.35 bits per heavy atom. The molecule has 166 valence electrons. The molecule has 0 fully saturated rings. The van der Waals surface area contributed by atoms with Crippen molar-refractivity contribution in [1.29, 1.82) is 0 Å². The monoisotopic (exact) mass is 471 g/mol. The minimum Gasteiger partial charge on any atom is -0.502 e. The molecule has 2 rings (SSSR count). The van der Waals surface area contributed by atoms with Crippen LogP contribution >= 0.6 is 11.6 Å². The number of hydrogen-bond acceptors (Lipinski definition) is 9. The maximum atomic E-state index is 12.9. The third kappa shape index (κ3) is 5.25. The van der Waals surface area contributed by atoms with E-state index in [9.17, 15) is 33.8 Å². The molecular formula is C17H18ClN5O7S. The van der Waals surface area contributed by atoms with Crippen LogP contribution in [0.1, 0.15) is 19.4 Å². The number of rotatable bonds is 9. The first-order valence-electron chi connectivity index (χ1n) is 8.77. The molecule has 0 aliphatic heterocycles. The summed E-state index contributed by atoms with van der Waals surface area (Å²) in [7, 11) is -4.08. The summed E-state index contributed by atoms with van der Waals surface area (Å²) in [6, 6.07) is 5.37. The lowest BCUT2D eigenvalue weighted by Crippen LogP contribution is -2.31. The zero-order chi connectivity index (χ0) is 23.3. The van der Waals surface area contributed by atoms with E-state index in [1.165, 1.54) is 12.1 Å². The van der Waals surface area contributed by atoms with E-state index in [1.54, 1.807) is 13.8 Å². The van der Waals surface area contributed by atoms with Gasteiger partial charge in [0.1, 0.15) is 4.90 Å². The van der Waals surface area contributed by atoms with Crippen molar-refractivity contribution in [3.05, 3.63) is 61.1 Å². The second-order valence-corrected chi connectivity index (χ2v) is 8.36. The van der Waals surface area contributed by atoms with Gasteiger partial charge in [-0.25, -0.2) is 8.42 Å². The van der Waals surface area contributed by atoms with Gasteiger partial charge in [-0.3, -0.25) is 25.7 Å². The van der Waals surface area contributed by atoms with Crippen molar-refractivity contribution in [1.82, 2.24) is 4.31 Å². The second-order valence-electron chi connectivity index (χ2n) is 6.02. The quantitative estimate of drug-likeness (QED) is 0.318. The smallest absolute Gasteiger partial charge is 0.312 e. The van der Waals surface area contributed by atoms with Crippen LogP contribution in [0.15, 0.2) is 40.3 Å². The summed E-state index contributed by atoms with van der Waals surface area (Å²) < 4.78 is 27.0. The van der Waals surface area contributed by atoms with E-state index < -0.39 is 37.0 Å². The van der Waals surface area contributed by atoms with Gasteiger partial charge in [0, 0.05) is 41.9 Å². The van der Waals surface area contributed by atoms with Crippen molar-refractivity contribution < 1.29 is 23.4 Å². The summed E-state index contributed by atoms with van der Waals surface area (Å²) in [5.74, 6) is -0.681. The molecule has 0 aliphatic carbocycles. The third-order valence-corrected chi connectivity index (χ3v) is 6.48. The molecule has 0 spiro atoms. The van der Waals surface area contributed by atoms with Crippen LogP contribution in [0.2, 0.25) is 5.02 Å². The largest absolute Gasteiger partial charge is 0.502 e. The van der Waals surface area contributed by atoms with E-state index >= 15 is 0 Å². The van der Waals surface area contributed by atoms with Gasteiger partial charge in [0.15, 0.2) is 0 Å². The van der Waals surface area contributed by atoms with Gasteiger partial charge in [-0.2, -0.15) is 9.41 Å². The van der Waals surface area contributed by atoms with Gasteiger partial charge < -0.3 is 5.11 Å². The molecule has 0 amide bonds. The van der Waals surface area contributed by atoms with E-state index in [4.69, 9.17) is 11.6 Å². The number of halogens is 1. The number of aromatic hydroxyl groups is 1. The molecule has 31 heavy (non-hydrogen) atoms. The van der Waals surface area contributed by atoms with Crippen molar-refractivity contribution in [2.45, 2.75) is 18.7 Å². The van der Waals surface area contributed by atoms with E-state index in [0.717, 1.165) is 28.7 Å². The number of phenols is 1. The lowest BCUT2D eigenvalue weighted by molar-refractivity contribution is -0.385. The van der Waals surface area contributed by atoms with Crippen molar-refractivity contribution in [2.24, 2.45) is 5.10 Å². The minimum atomic E-state index is -4.08. The number of hydrazone groups is 1. The molecule has 0 aliphatic rings. The molecule has 2 N–H and O–H groups in total. The third-order valence-electron chi connectivity index (χ3n) is 4.17. The van der Waals surface area contributed by atoms with Crippen LogP contribution in [0, 0.1) is 20.2 Å². The average molecular weight is 472 g/mol. The summed E-state index contributed by atoms with van der Waals surface area (Å²) in [6.45, 7) is 3.53. The van der Waals surface area contributed by atoms with Gasteiger partial charge >= 0.3 is 5.69 Å². The summed E-state index contributed by atoms with van der Waals surface area (Å²) in [4.78, 5) is 20.2. The molecule has 0 aromatic heterocycles. The molecule has 0 saturated carbocycles. The molecule has 0 unspecified atom stereocenters. The van der Waals surface area contributed by atoms with Gasteiger partial charge in [0.05, 0.1) is 21.7 Å². The first kappa shape index (κ1) is 24.0. The molecule has 0 heterocycles. The second kappa shape index (κ2) is 9.68. The van der Waals surface area contributed by atoms with E-state index in [1.807, 2.05) is 0 Å². The van der Waals surface area contributed by atoms with Gasteiger partial charge in [-0.1, -0.05) is 25.4 Å². The molecule has 0 atom stereocenters. The summed E-state index contributed by atoms with van der Waals surface area (Å²) in [5, 5.41) is 35.9. The maximum Gasteiger partial charge on any atom is 0.312 e. The number of benzene rings is 2. The number of sulfonamides is 1. The van der Waals surface area contributed by atoms with Gasteiger partial charge in [0.2, 0.25) is 15.8 Å². The summed E-state index contributed by atoms with van der Waals surface area (Å²) in [6.07, 6.45) is 1.00. The number of phenolic OH excluding ortho intramolecular Hbond substituents is 1. The Morgan fingerprint density at radius 2 is 1.81 bits per heavy atom. The predicted octanol–water partition coefficient (Wildman–Crippen LogP) is 3.34. The first-order chi connectivity index (χ1) is 14.5. The van der Waals surface area contributed by atoms with Gasteiger partial charge in [-0.05, 0) is 12.1 Å². The van der Waals surface area contributed by atoms with Gasteiger partial charge in [0.25, 0.3) is 5.69 Å². The van der Waals surface area contributed by atoms with Crippen molar-refractivity contribution in [3.63, 3.8) is 0 Å². The fourth-order valence-electron chi connectivity index (χ4n) is 2.65. The molecule has 0 bridgehead atoms. The van der Waals surface area contributed by atoms with E-state index in [2.05, 4.69) is 10.5 Å². The average Bonchev–Trinajstić information content (AvgIpc) is 2.70. The van der Waals surface area contributed by atoms with E-state index in [0.29, 0.717) is 0 Å². The predicted molar refractivity (Wildman–Crippen MR) is 114 cm³/mol. The molecule has 12 nitrogen and oxygen atoms in total. The highest BCUT2D eigenvalue weighted by Crippen LogP contribution is 2.33. The van der Waals surface area contributed by atoms with E-state index in [-0.39, 0.29) is 34.3 Å². The van der Waals surface area contributed by atoms with Crippen LogP contribution in [0.3, 0.4) is 0 Å². The van der Waals surface area contributed by atoms with Crippen LogP contribution in [0.4, 0.5) is 17.1 Å². The highest BCUT2D eigenvalue weighted by atomic mass is 35.5. The fraction of sp³-hybridized carbons (Fsp3) is 0.235. The maximum absolute atomic E-state index is 12.9. The number of nitro benzene ring substituents is 2. The highest BCUT2D eigenvalue weighted by molar-refractivity contribution is 7.89. The Bertz CT molecular complexity index is 1150. The zero-order valence-corrected chi connectivity index (χ0v) is 17.9. The number of nitrogens with one attached hydrogen (secondary N) is 1. The van der Waals surface area contributed by atoms with Crippen LogP contribution in [-0.4, -0.2) is 47.0 Å². The summed E-state index contributed by atoms with van der Waals surface area (Å²) >= 11 is 5.81. The van der Waals surface area contributed by atoms with Crippen LogP contribution in [0.5, 0.6) is 5.75 Å².